The van der Waals surface area contributed by atoms with Gasteiger partial charge in [0.2, 0.25) is 0 Å². The monoisotopic (exact) mass is 428 g/mol. The predicted molar refractivity (Wildman–Crippen MR) is 93.9 cm³/mol. The van der Waals surface area contributed by atoms with Crippen molar-refractivity contribution in [2.45, 2.75) is 43.4 Å². The van der Waals surface area contributed by atoms with E-state index in [2.05, 4.69) is 9.71 Å². The first-order chi connectivity index (χ1) is 11.9. The molecule has 0 aliphatic rings. The van der Waals surface area contributed by atoms with Gasteiger partial charge in [0.05, 0.1) is 16.3 Å². The summed E-state index contributed by atoms with van der Waals surface area (Å²) in [5, 5.41) is 11.4. The van der Waals surface area contributed by atoms with Crippen molar-refractivity contribution in [1.29, 1.82) is 0 Å². The fourth-order valence-electron chi connectivity index (χ4n) is 2.21. The first kappa shape index (κ1) is 20.9. The number of anilines is 1. The van der Waals surface area contributed by atoms with Crippen LogP contribution in [0.4, 0.5) is 18.3 Å². The molecule has 144 valence electrons. The lowest BCUT2D eigenvalue weighted by molar-refractivity contribution is -0.137. The lowest BCUT2D eigenvalue weighted by atomic mass is 9.94. The van der Waals surface area contributed by atoms with Crippen molar-refractivity contribution < 1.29 is 26.7 Å². The molecule has 0 spiro atoms. The number of nitrogens with zero attached hydrogens (tertiary/aromatic N) is 1. The van der Waals surface area contributed by atoms with Crippen molar-refractivity contribution in [2.75, 3.05) is 4.72 Å². The van der Waals surface area contributed by atoms with Gasteiger partial charge in [0, 0.05) is 5.38 Å². The number of aromatic nitrogens is 1. The van der Waals surface area contributed by atoms with Gasteiger partial charge in [-0.3, -0.25) is 4.72 Å². The molecule has 0 saturated carbocycles. The Morgan fingerprint density at radius 1 is 1.27 bits per heavy atom. The quantitative estimate of drug-likeness (QED) is 0.703. The molecule has 0 amide bonds. The Morgan fingerprint density at radius 3 is 2.38 bits per heavy atom. The van der Waals surface area contributed by atoms with E-state index >= 15 is 0 Å². The molecule has 26 heavy (non-hydrogen) atoms. The number of sulfonamides is 1. The average Bonchev–Trinajstić information content (AvgIpc) is 3.01. The summed E-state index contributed by atoms with van der Waals surface area (Å²) in [5.41, 5.74) is -1.90. The highest BCUT2D eigenvalue weighted by molar-refractivity contribution is 7.93. The van der Waals surface area contributed by atoms with E-state index in [1.165, 1.54) is 5.38 Å². The molecule has 0 saturated heterocycles. The third-order valence-corrected chi connectivity index (χ3v) is 6.63. The Hall–Kier alpha value is -1.36. The van der Waals surface area contributed by atoms with Crippen LogP contribution in [-0.4, -0.2) is 18.5 Å². The molecule has 0 radical (unpaired) electrons. The van der Waals surface area contributed by atoms with Crippen LogP contribution in [0, 0.1) is 0 Å². The third-order valence-electron chi connectivity index (χ3n) is 3.92. The fraction of sp³-hybridized carbons (Fsp3) is 0.400. The number of hydrogen-bond donors (Lipinski definition) is 2. The maximum atomic E-state index is 12.7. The van der Waals surface area contributed by atoms with Gasteiger partial charge in [0.15, 0.2) is 5.13 Å². The van der Waals surface area contributed by atoms with Crippen molar-refractivity contribution in [3.05, 3.63) is 39.9 Å². The number of alkyl halides is 3. The summed E-state index contributed by atoms with van der Waals surface area (Å²) in [6.45, 7) is 3.54. The van der Waals surface area contributed by atoms with Crippen molar-refractivity contribution in [3.8, 4) is 0 Å². The van der Waals surface area contributed by atoms with E-state index in [1.54, 1.807) is 13.8 Å². The number of aliphatic hydroxyl groups is 1. The van der Waals surface area contributed by atoms with Crippen molar-refractivity contribution in [2.24, 2.45) is 0 Å². The molecule has 2 N–H and O–H groups in total. The number of hydrogen-bond acceptors (Lipinski definition) is 5. The molecule has 2 rings (SSSR count). The number of halogens is 4. The van der Waals surface area contributed by atoms with Gasteiger partial charge in [-0.1, -0.05) is 25.4 Å². The van der Waals surface area contributed by atoms with Crippen molar-refractivity contribution in [3.63, 3.8) is 0 Å². The zero-order valence-corrected chi connectivity index (χ0v) is 16.2. The molecule has 0 aliphatic carbocycles. The van der Waals surface area contributed by atoms with Gasteiger partial charge >= 0.3 is 6.18 Å². The Balaban J connectivity index is 2.32. The second-order valence-corrected chi connectivity index (χ2v) is 8.44. The van der Waals surface area contributed by atoms with Crippen LogP contribution in [-0.2, 0) is 21.8 Å². The van der Waals surface area contributed by atoms with Crippen molar-refractivity contribution in [1.82, 2.24) is 4.98 Å². The first-order valence-electron chi connectivity index (χ1n) is 7.51. The summed E-state index contributed by atoms with van der Waals surface area (Å²) in [6, 6.07) is 1.98. The van der Waals surface area contributed by atoms with E-state index < -0.39 is 37.3 Å². The van der Waals surface area contributed by atoms with Gasteiger partial charge in [-0.05, 0) is 31.0 Å². The van der Waals surface area contributed by atoms with Gasteiger partial charge in [0.1, 0.15) is 10.5 Å². The Kier molecular flexibility index (Phi) is 5.91. The highest BCUT2D eigenvalue weighted by atomic mass is 35.5. The second kappa shape index (κ2) is 7.34. The van der Waals surface area contributed by atoms with E-state index in [0.717, 1.165) is 17.4 Å². The molecule has 11 heteroatoms. The predicted octanol–water partition coefficient (Wildman–Crippen LogP) is 4.62. The molecule has 0 fully saturated rings. The Morgan fingerprint density at radius 2 is 1.88 bits per heavy atom. The van der Waals surface area contributed by atoms with E-state index in [4.69, 9.17) is 11.6 Å². The molecule has 1 aromatic heterocycles. The van der Waals surface area contributed by atoms with Crippen LogP contribution in [0.5, 0.6) is 0 Å². The molecule has 0 bridgehead atoms. The fourth-order valence-corrected chi connectivity index (χ4v) is 4.81. The number of nitrogens with one attached hydrogen (secondary N) is 1. The average molecular weight is 429 g/mol. The second-order valence-electron chi connectivity index (χ2n) is 5.53. The SMILES string of the molecule is CCC(O)(CC)c1csc(NS(=O)(=O)c2ccc(C(F)(F)F)cc2Cl)n1. The summed E-state index contributed by atoms with van der Waals surface area (Å²) in [7, 11) is -4.23. The van der Waals surface area contributed by atoms with Crippen LogP contribution < -0.4 is 4.72 Å². The minimum absolute atomic E-state index is 0.0173. The van der Waals surface area contributed by atoms with Crippen LogP contribution in [0.15, 0.2) is 28.5 Å². The van der Waals surface area contributed by atoms with Gasteiger partial charge in [0.25, 0.3) is 10.0 Å². The summed E-state index contributed by atoms with van der Waals surface area (Å²) >= 11 is 6.69. The molecule has 1 heterocycles. The first-order valence-corrected chi connectivity index (χ1v) is 10.2. The third kappa shape index (κ3) is 4.30. The largest absolute Gasteiger partial charge is 0.416 e. The van der Waals surface area contributed by atoms with Gasteiger partial charge < -0.3 is 5.11 Å². The molecule has 0 unspecified atom stereocenters. The lowest BCUT2D eigenvalue weighted by Crippen LogP contribution is -2.24. The standard InChI is InChI=1S/C15H16ClF3N2O3S2/c1-3-14(22,4-2)12-8-25-13(20-12)21-26(23,24)11-6-5-9(7-10(11)16)15(17,18)19/h5-8,22H,3-4H2,1-2H3,(H,20,21). The molecule has 0 atom stereocenters. The normalized spacial score (nSPS) is 13.0. The highest BCUT2D eigenvalue weighted by Gasteiger charge is 2.33. The zero-order valence-electron chi connectivity index (χ0n) is 13.8. The maximum absolute atomic E-state index is 12.7. The van der Waals surface area contributed by atoms with Crippen LogP contribution in [0.25, 0.3) is 0 Å². The van der Waals surface area contributed by atoms with Crippen LogP contribution in [0.3, 0.4) is 0 Å². The lowest BCUT2D eigenvalue weighted by Gasteiger charge is -2.22. The molecule has 0 aliphatic heterocycles. The maximum Gasteiger partial charge on any atom is 0.416 e. The molecule has 5 nitrogen and oxygen atoms in total. The van der Waals surface area contributed by atoms with Gasteiger partial charge in [-0.25, -0.2) is 13.4 Å². The highest BCUT2D eigenvalue weighted by Crippen LogP contribution is 2.35. The van der Waals surface area contributed by atoms with Crippen LogP contribution in [0.2, 0.25) is 5.02 Å². The smallest absolute Gasteiger partial charge is 0.384 e. The van der Waals surface area contributed by atoms with E-state index in [0.29, 0.717) is 30.7 Å². The molecular weight excluding hydrogens is 413 g/mol. The Bertz CT molecular complexity index is 894. The topological polar surface area (TPSA) is 79.3 Å². The minimum Gasteiger partial charge on any atom is -0.384 e. The molecule has 1 aromatic carbocycles. The summed E-state index contributed by atoms with van der Waals surface area (Å²) in [6.07, 6.45) is -3.84. The van der Waals surface area contributed by atoms with Gasteiger partial charge in [-0.15, -0.1) is 11.3 Å². The summed E-state index contributed by atoms with van der Waals surface area (Å²) in [5.74, 6) is 0. The Labute approximate surface area is 157 Å². The van der Waals surface area contributed by atoms with E-state index in [-0.39, 0.29) is 5.13 Å². The molecular formula is C15H16ClF3N2O3S2. The van der Waals surface area contributed by atoms with Crippen LogP contribution >= 0.6 is 22.9 Å². The summed E-state index contributed by atoms with van der Waals surface area (Å²) in [4.78, 5) is 3.58. The number of thiazole rings is 1. The summed E-state index contributed by atoms with van der Waals surface area (Å²) < 4.78 is 65.0. The number of rotatable bonds is 6. The van der Waals surface area contributed by atoms with Gasteiger partial charge in [-0.2, -0.15) is 13.2 Å². The van der Waals surface area contributed by atoms with E-state index in [9.17, 15) is 26.7 Å². The molecule has 2 aromatic rings. The van der Waals surface area contributed by atoms with Crippen LogP contribution in [0.1, 0.15) is 37.9 Å². The number of benzene rings is 1. The minimum atomic E-state index is -4.63. The van der Waals surface area contributed by atoms with Crippen molar-refractivity contribution >= 4 is 38.1 Å². The zero-order chi connectivity index (χ0) is 19.8. The van der Waals surface area contributed by atoms with E-state index in [1.807, 2.05) is 0 Å².